The van der Waals surface area contributed by atoms with Gasteiger partial charge in [-0.05, 0) is 41.8 Å². The van der Waals surface area contributed by atoms with Gasteiger partial charge in [0, 0.05) is 36.8 Å². The van der Waals surface area contributed by atoms with Gasteiger partial charge in [-0.2, -0.15) is 5.10 Å². The lowest BCUT2D eigenvalue weighted by Gasteiger charge is -2.06. The van der Waals surface area contributed by atoms with Crippen LogP contribution in [0.5, 0.6) is 0 Å². The van der Waals surface area contributed by atoms with Crippen molar-refractivity contribution in [1.82, 2.24) is 19.7 Å². The van der Waals surface area contributed by atoms with Gasteiger partial charge < -0.3 is 4.98 Å². The number of rotatable bonds is 7. The van der Waals surface area contributed by atoms with E-state index in [0.29, 0.717) is 12.1 Å². The maximum atomic E-state index is 14.4. The molecular weight excluding hydrogens is 419 g/mol. The van der Waals surface area contributed by atoms with Crippen molar-refractivity contribution in [2.75, 3.05) is 0 Å². The van der Waals surface area contributed by atoms with Crippen molar-refractivity contribution in [3.8, 4) is 0 Å². The second-order valence-corrected chi connectivity index (χ2v) is 7.60. The monoisotopic (exact) mass is 436 g/mol. The summed E-state index contributed by atoms with van der Waals surface area (Å²) in [5, 5.41) is 4.31. The van der Waals surface area contributed by atoms with Crippen LogP contribution in [0.4, 0.5) is 4.39 Å². The Morgan fingerprint density at radius 3 is 2.81 bits per heavy atom. The smallest absolute Gasteiger partial charge is 0.199 e. The number of aromatic amines is 1. The van der Waals surface area contributed by atoms with Gasteiger partial charge in [0.05, 0.1) is 29.0 Å². The Labute approximate surface area is 182 Å². The van der Waals surface area contributed by atoms with Gasteiger partial charge >= 0.3 is 0 Å². The summed E-state index contributed by atoms with van der Waals surface area (Å²) in [5.41, 5.74) is 2.29. The predicted molar refractivity (Wildman–Crippen MR) is 114 cm³/mol. The first-order valence-electron chi connectivity index (χ1n) is 9.53. The molecular formula is C23H18ClFN4O2. The van der Waals surface area contributed by atoms with Crippen molar-refractivity contribution >= 4 is 23.2 Å². The van der Waals surface area contributed by atoms with Crippen molar-refractivity contribution in [3.05, 3.63) is 106 Å². The number of carbonyl (C=O) groups is 2. The number of pyridine rings is 1. The lowest BCUT2D eigenvalue weighted by molar-refractivity contribution is 0.0988. The Hall–Kier alpha value is -3.58. The molecule has 0 radical (unpaired) electrons. The van der Waals surface area contributed by atoms with E-state index in [4.69, 9.17) is 11.6 Å². The number of aromatic nitrogens is 4. The van der Waals surface area contributed by atoms with E-state index < -0.39 is 11.6 Å². The van der Waals surface area contributed by atoms with Crippen LogP contribution >= 0.6 is 11.6 Å². The molecule has 4 rings (SSSR count). The summed E-state index contributed by atoms with van der Waals surface area (Å²) in [6.45, 7) is 2.11. The zero-order valence-electron chi connectivity index (χ0n) is 16.6. The third kappa shape index (κ3) is 4.46. The maximum absolute atomic E-state index is 14.4. The molecule has 1 aromatic carbocycles. The SMILES string of the molecule is Cc1ccc(Cl)c(C(=O)c2c[nH]c(C(=O)Cc3cnn(Cc4cccnc4)c3)c2)c1F. The molecule has 4 aromatic rings. The molecule has 0 saturated heterocycles. The lowest BCUT2D eigenvalue weighted by Crippen LogP contribution is -2.06. The molecule has 8 heteroatoms. The molecule has 0 fully saturated rings. The second-order valence-electron chi connectivity index (χ2n) is 7.19. The Morgan fingerprint density at radius 2 is 2.03 bits per heavy atom. The van der Waals surface area contributed by atoms with E-state index in [-0.39, 0.29) is 34.0 Å². The minimum atomic E-state index is -0.660. The van der Waals surface area contributed by atoms with E-state index in [1.165, 1.54) is 24.4 Å². The molecule has 0 bridgehead atoms. The van der Waals surface area contributed by atoms with Crippen LogP contribution in [0.15, 0.2) is 61.3 Å². The number of hydrogen-bond donors (Lipinski definition) is 1. The fourth-order valence-electron chi connectivity index (χ4n) is 3.24. The third-order valence-electron chi connectivity index (χ3n) is 4.88. The van der Waals surface area contributed by atoms with Crippen LogP contribution in [-0.4, -0.2) is 31.3 Å². The van der Waals surface area contributed by atoms with Crippen molar-refractivity contribution in [2.24, 2.45) is 0 Å². The van der Waals surface area contributed by atoms with Gasteiger partial charge in [-0.1, -0.05) is 23.7 Å². The van der Waals surface area contributed by atoms with E-state index >= 15 is 0 Å². The Morgan fingerprint density at radius 1 is 1.19 bits per heavy atom. The summed E-state index contributed by atoms with van der Waals surface area (Å²) in [7, 11) is 0. The Kier molecular flexibility index (Phi) is 5.77. The maximum Gasteiger partial charge on any atom is 0.199 e. The van der Waals surface area contributed by atoms with Gasteiger partial charge in [0.1, 0.15) is 5.82 Å². The summed E-state index contributed by atoms with van der Waals surface area (Å²) in [6, 6.07) is 8.20. The number of H-pyrrole nitrogens is 1. The van der Waals surface area contributed by atoms with Crippen molar-refractivity contribution in [3.63, 3.8) is 0 Å². The van der Waals surface area contributed by atoms with Crippen molar-refractivity contribution < 1.29 is 14.0 Å². The molecule has 0 atom stereocenters. The number of carbonyl (C=O) groups excluding carboxylic acids is 2. The number of Topliss-reactive ketones (excluding diaryl/α,β-unsaturated/α-hetero) is 1. The zero-order chi connectivity index (χ0) is 22.0. The quantitative estimate of drug-likeness (QED) is 0.435. The Balaban J connectivity index is 1.47. The average molecular weight is 437 g/mol. The first kappa shape index (κ1) is 20.7. The van der Waals surface area contributed by atoms with Crippen LogP contribution in [0, 0.1) is 12.7 Å². The molecule has 31 heavy (non-hydrogen) atoms. The first-order chi connectivity index (χ1) is 14.9. The number of ketones is 2. The highest BCUT2D eigenvalue weighted by molar-refractivity contribution is 6.35. The average Bonchev–Trinajstić information content (AvgIpc) is 3.42. The number of nitrogens with one attached hydrogen (secondary N) is 1. The molecule has 0 amide bonds. The molecule has 0 aliphatic rings. The van der Waals surface area contributed by atoms with Crippen molar-refractivity contribution in [1.29, 1.82) is 0 Å². The van der Waals surface area contributed by atoms with Gasteiger partial charge in [0.2, 0.25) is 0 Å². The summed E-state index contributed by atoms with van der Waals surface area (Å²) in [4.78, 5) is 32.3. The Bertz CT molecular complexity index is 1260. The molecule has 0 unspecified atom stereocenters. The number of benzene rings is 1. The van der Waals surface area contributed by atoms with Gasteiger partial charge in [-0.25, -0.2) is 4.39 Å². The predicted octanol–water partition coefficient (Wildman–Crippen LogP) is 4.41. The summed E-state index contributed by atoms with van der Waals surface area (Å²) < 4.78 is 16.1. The summed E-state index contributed by atoms with van der Waals surface area (Å²) >= 11 is 6.03. The molecule has 0 spiro atoms. The normalized spacial score (nSPS) is 10.9. The van der Waals surface area contributed by atoms with Crippen LogP contribution in [0.3, 0.4) is 0 Å². The van der Waals surface area contributed by atoms with E-state index in [1.807, 2.05) is 12.1 Å². The van der Waals surface area contributed by atoms with Crippen LogP contribution in [0.2, 0.25) is 5.02 Å². The highest BCUT2D eigenvalue weighted by Gasteiger charge is 2.21. The molecule has 0 aliphatic heterocycles. The number of aryl methyl sites for hydroxylation is 1. The molecule has 0 saturated carbocycles. The summed E-state index contributed by atoms with van der Waals surface area (Å²) in [6.07, 6.45) is 8.38. The highest BCUT2D eigenvalue weighted by atomic mass is 35.5. The molecule has 6 nitrogen and oxygen atoms in total. The van der Waals surface area contributed by atoms with Gasteiger partial charge in [-0.3, -0.25) is 19.3 Å². The fraction of sp³-hybridized carbons (Fsp3) is 0.130. The standard InChI is InChI=1S/C23H18ClFN4O2/c1-14-4-5-18(24)21(22(14)25)23(31)17-8-19(27-11-17)20(30)7-16-10-28-29(13-16)12-15-3-2-6-26-9-15/h2-6,8-11,13,27H,7,12H2,1H3. The summed E-state index contributed by atoms with van der Waals surface area (Å²) in [5.74, 6) is -1.45. The second kappa shape index (κ2) is 8.65. The number of halogens is 2. The van der Waals surface area contributed by atoms with E-state index in [1.54, 1.807) is 36.4 Å². The minimum Gasteiger partial charge on any atom is -0.358 e. The third-order valence-corrected chi connectivity index (χ3v) is 5.19. The molecule has 3 aromatic heterocycles. The molecule has 156 valence electrons. The van der Waals surface area contributed by atoms with Crippen LogP contribution < -0.4 is 0 Å². The van der Waals surface area contributed by atoms with Gasteiger partial charge in [0.25, 0.3) is 0 Å². The van der Waals surface area contributed by atoms with E-state index in [0.717, 1.165) is 11.1 Å². The van der Waals surface area contributed by atoms with E-state index in [9.17, 15) is 14.0 Å². The molecule has 1 N–H and O–H groups in total. The van der Waals surface area contributed by atoms with Gasteiger partial charge in [-0.15, -0.1) is 0 Å². The largest absolute Gasteiger partial charge is 0.358 e. The van der Waals surface area contributed by atoms with Crippen LogP contribution in [0.1, 0.15) is 43.1 Å². The molecule has 3 heterocycles. The number of hydrogen-bond acceptors (Lipinski definition) is 4. The molecule has 0 aliphatic carbocycles. The first-order valence-corrected chi connectivity index (χ1v) is 9.91. The van der Waals surface area contributed by atoms with Crippen LogP contribution in [-0.2, 0) is 13.0 Å². The minimum absolute atomic E-state index is 0.0307. The zero-order valence-corrected chi connectivity index (χ0v) is 17.4. The van der Waals surface area contributed by atoms with Crippen LogP contribution in [0.25, 0.3) is 0 Å². The fourth-order valence-corrected chi connectivity index (χ4v) is 3.47. The lowest BCUT2D eigenvalue weighted by atomic mass is 10.0. The van der Waals surface area contributed by atoms with E-state index in [2.05, 4.69) is 15.1 Å². The van der Waals surface area contributed by atoms with Crippen molar-refractivity contribution in [2.45, 2.75) is 19.9 Å². The van der Waals surface area contributed by atoms with Gasteiger partial charge in [0.15, 0.2) is 11.6 Å². The number of nitrogens with zero attached hydrogens (tertiary/aromatic N) is 3. The highest BCUT2D eigenvalue weighted by Crippen LogP contribution is 2.25. The topological polar surface area (TPSA) is 80.6 Å².